The van der Waals surface area contributed by atoms with Crippen molar-refractivity contribution in [3.05, 3.63) is 54.1 Å². The van der Waals surface area contributed by atoms with E-state index in [1.54, 1.807) is 48.5 Å². The minimum Gasteiger partial charge on any atom is -0.484 e. The average Bonchev–Trinajstić information content (AvgIpc) is 2.73. The molecule has 0 bridgehead atoms. The number of rotatable bonds is 7. The highest BCUT2D eigenvalue weighted by Gasteiger charge is 2.21. The predicted molar refractivity (Wildman–Crippen MR) is 114 cm³/mol. The van der Waals surface area contributed by atoms with Gasteiger partial charge in [0.25, 0.3) is 15.9 Å². The summed E-state index contributed by atoms with van der Waals surface area (Å²) in [6, 6.07) is 13.7. The fourth-order valence-corrected chi connectivity index (χ4v) is 4.62. The first-order chi connectivity index (χ1) is 13.9. The summed E-state index contributed by atoms with van der Waals surface area (Å²) in [5.74, 6) is 0.397. The number of nitrogens with one attached hydrogen (secondary N) is 1. The molecule has 29 heavy (non-hydrogen) atoms. The van der Waals surface area contributed by atoms with Crippen LogP contribution >= 0.6 is 0 Å². The number of benzene rings is 2. The molecule has 0 atom stereocenters. The second-order valence-corrected chi connectivity index (χ2v) is 9.44. The normalized spacial score (nSPS) is 15.0. The molecule has 0 aliphatic heterocycles. The molecule has 156 valence electrons. The molecule has 3 rings (SSSR count). The summed E-state index contributed by atoms with van der Waals surface area (Å²) in [7, 11) is -2.12. The summed E-state index contributed by atoms with van der Waals surface area (Å²) in [4.78, 5) is 12.3. The molecule has 1 saturated carbocycles. The summed E-state index contributed by atoms with van der Waals surface area (Å²) in [6.07, 6.45) is 5.62. The molecular formula is C22H28N2O4S. The van der Waals surface area contributed by atoms with Gasteiger partial charge in [-0.3, -0.25) is 9.10 Å². The van der Waals surface area contributed by atoms with Crippen molar-refractivity contribution < 1.29 is 17.9 Å². The maximum Gasteiger partial charge on any atom is 0.264 e. The molecule has 0 spiro atoms. The second-order valence-electron chi connectivity index (χ2n) is 7.47. The van der Waals surface area contributed by atoms with Gasteiger partial charge >= 0.3 is 0 Å². The lowest BCUT2D eigenvalue weighted by Gasteiger charge is -2.22. The Labute approximate surface area is 172 Å². The van der Waals surface area contributed by atoms with Gasteiger partial charge in [0, 0.05) is 13.1 Å². The number of aryl methyl sites for hydroxylation is 1. The molecule has 1 amide bonds. The quantitative estimate of drug-likeness (QED) is 0.748. The van der Waals surface area contributed by atoms with Crippen LogP contribution in [0.15, 0.2) is 53.4 Å². The number of ether oxygens (including phenoxy) is 1. The maximum absolute atomic E-state index is 12.8. The third-order valence-electron chi connectivity index (χ3n) is 5.22. The molecule has 1 aliphatic rings. The number of nitrogens with zero attached hydrogens (tertiary/aromatic N) is 1. The van der Waals surface area contributed by atoms with Crippen molar-refractivity contribution in [1.29, 1.82) is 0 Å². The zero-order valence-electron chi connectivity index (χ0n) is 16.9. The van der Waals surface area contributed by atoms with Crippen LogP contribution in [-0.4, -0.2) is 34.0 Å². The Morgan fingerprint density at radius 2 is 1.66 bits per heavy atom. The molecule has 0 aromatic heterocycles. The van der Waals surface area contributed by atoms with E-state index in [0.717, 1.165) is 31.2 Å². The molecule has 2 aromatic rings. The van der Waals surface area contributed by atoms with Gasteiger partial charge in [-0.15, -0.1) is 0 Å². The summed E-state index contributed by atoms with van der Waals surface area (Å²) < 4.78 is 32.3. The standard InChI is InChI=1S/C22H28N2O4S/c1-17-8-14-21(15-9-17)29(26,27)24(2)19-10-12-20(13-11-19)28-16-22(25)23-18-6-4-3-5-7-18/h8-15,18H,3-7,16H2,1-2H3,(H,23,25). The van der Waals surface area contributed by atoms with Crippen molar-refractivity contribution in [2.75, 3.05) is 18.0 Å². The van der Waals surface area contributed by atoms with Crippen LogP contribution in [0.2, 0.25) is 0 Å². The van der Waals surface area contributed by atoms with E-state index in [4.69, 9.17) is 4.74 Å². The number of anilines is 1. The van der Waals surface area contributed by atoms with Gasteiger partial charge in [-0.2, -0.15) is 0 Å². The van der Waals surface area contributed by atoms with E-state index in [-0.39, 0.29) is 23.5 Å². The minimum atomic E-state index is -3.64. The predicted octanol–water partition coefficient (Wildman–Crippen LogP) is 3.65. The highest BCUT2D eigenvalue weighted by atomic mass is 32.2. The Hall–Kier alpha value is -2.54. The van der Waals surface area contributed by atoms with Crippen LogP contribution in [0.3, 0.4) is 0 Å². The average molecular weight is 417 g/mol. The Balaban J connectivity index is 1.57. The van der Waals surface area contributed by atoms with Crippen LogP contribution < -0.4 is 14.4 Å². The molecule has 1 fully saturated rings. The van der Waals surface area contributed by atoms with E-state index in [2.05, 4.69) is 5.32 Å². The van der Waals surface area contributed by atoms with Gasteiger partial charge in [-0.25, -0.2) is 8.42 Å². The van der Waals surface area contributed by atoms with E-state index in [1.165, 1.54) is 17.8 Å². The van der Waals surface area contributed by atoms with Gasteiger partial charge in [0.2, 0.25) is 0 Å². The van der Waals surface area contributed by atoms with E-state index in [9.17, 15) is 13.2 Å². The van der Waals surface area contributed by atoms with E-state index in [1.807, 2.05) is 6.92 Å². The molecule has 0 unspecified atom stereocenters. The van der Waals surface area contributed by atoms with Crippen LogP contribution in [0.4, 0.5) is 5.69 Å². The highest BCUT2D eigenvalue weighted by molar-refractivity contribution is 7.92. The molecule has 2 aromatic carbocycles. The van der Waals surface area contributed by atoms with Gasteiger partial charge in [0.05, 0.1) is 10.6 Å². The number of hydrogen-bond donors (Lipinski definition) is 1. The Bertz CT molecular complexity index is 918. The van der Waals surface area contributed by atoms with Crippen LogP contribution in [-0.2, 0) is 14.8 Å². The summed E-state index contributed by atoms with van der Waals surface area (Å²) in [5, 5.41) is 3.01. The van der Waals surface area contributed by atoms with Crippen molar-refractivity contribution >= 4 is 21.6 Å². The largest absolute Gasteiger partial charge is 0.484 e. The number of carbonyl (C=O) groups excluding carboxylic acids is 1. The maximum atomic E-state index is 12.8. The lowest BCUT2D eigenvalue weighted by molar-refractivity contribution is -0.124. The van der Waals surface area contributed by atoms with Crippen molar-refractivity contribution in [2.45, 2.75) is 50.0 Å². The summed E-state index contributed by atoms with van der Waals surface area (Å²) >= 11 is 0. The molecule has 0 heterocycles. The molecule has 7 heteroatoms. The Morgan fingerprint density at radius 1 is 1.03 bits per heavy atom. The summed E-state index contributed by atoms with van der Waals surface area (Å²) in [6.45, 7) is 1.86. The van der Waals surface area contributed by atoms with Gasteiger partial charge in [0.1, 0.15) is 5.75 Å². The number of carbonyl (C=O) groups is 1. The van der Waals surface area contributed by atoms with Crippen molar-refractivity contribution in [3.8, 4) is 5.75 Å². The third-order valence-corrected chi connectivity index (χ3v) is 7.02. The van der Waals surface area contributed by atoms with Crippen LogP contribution in [0.1, 0.15) is 37.7 Å². The zero-order valence-corrected chi connectivity index (χ0v) is 17.7. The van der Waals surface area contributed by atoms with Gasteiger partial charge in [-0.1, -0.05) is 37.0 Å². The molecular weight excluding hydrogens is 388 g/mol. The molecule has 6 nitrogen and oxygen atoms in total. The zero-order chi connectivity index (χ0) is 20.9. The first-order valence-corrected chi connectivity index (χ1v) is 11.4. The fourth-order valence-electron chi connectivity index (χ4n) is 3.42. The molecule has 0 saturated heterocycles. The van der Waals surface area contributed by atoms with Crippen molar-refractivity contribution in [2.24, 2.45) is 0 Å². The van der Waals surface area contributed by atoms with Gasteiger partial charge in [-0.05, 0) is 56.2 Å². The molecule has 0 radical (unpaired) electrons. The Kier molecular flexibility index (Phi) is 6.79. The van der Waals surface area contributed by atoms with Crippen LogP contribution in [0, 0.1) is 6.92 Å². The number of hydrogen-bond acceptors (Lipinski definition) is 4. The highest BCUT2D eigenvalue weighted by Crippen LogP contribution is 2.24. The van der Waals surface area contributed by atoms with Crippen molar-refractivity contribution in [1.82, 2.24) is 5.32 Å². The second kappa shape index (κ2) is 9.31. The topological polar surface area (TPSA) is 75.7 Å². The number of sulfonamides is 1. The SMILES string of the molecule is Cc1ccc(S(=O)(=O)N(C)c2ccc(OCC(=O)NC3CCCCC3)cc2)cc1. The van der Waals surface area contributed by atoms with Crippen LogP contribution in [0.5, 0.6) is 5.75 Å². The van der Waals surface area contributed by atoms with Crippen LogP contribution in [0.25, 0.3) is 0 Å². The summed E-state index contributed by atoms with van der Waals surface area (Å²) in [5.41, 5.74) is 1.52. The lowest BCUT2D eigenvalue weighted by Crippen LogP contribution is -2.38. The molecule has 1 aliphatic carbocycles. The van der Waals surface area contributed by atoms with Crippen molar-refractivity contribution in [3.63, 3.8) is 0 Å². The van der Waals surface area contributed by atoms with E-state index >= 15 is 0 Å². The lowest BCUT2D eigenvalue weighted by atomic mass is 9.95. The monoisotopic (exact) mass is 416 g/mol. The minimum absolute atomic E-state index is 0.0483. The Morgan fingerprint density at radius 3 is 2.28 bits per heavy atom. The first-order valence-electron chi connectivity index (χ1n) is 9.94. The first kappa shape index (κ1) is 21.2. The smallest absolute Gasteiger partial charge is 0.264 e. The van der Waals surface area contributed by atoms with E-state index < -0.39 is 10.0 Å². The van der Waals surface area contributed by atoms with Gasteiger partial charge < -0.3 is 10.1 Å². The van der Waals surface area contributed by atoms with E-state index in [0.29, 0.717) is 11.4 Å². The third kappa shape index (κ3) is 5.50. The van der Waals surface area contributed by atoms with Gasteiger partial charge in [0.15, 0.2) is 6.61 Å². The number of amides is 1. The fraction of sp³-hybridized carbons (Fsp3) is 0.409. The molecule has 1 N–H and O–H groups in total.